The summed E-state index contributed by atoms with van der Waals surface area (Å²) in [6, 6.07) is 0. The first-order valence-corrected chi connectivity index (χ1v) is 5.38. The van der Waals surface area contributed by atoms with E-state index in [4.69, 9.17) is 0 Å². The van der Waals surface area contributed by atoms with E-state index in [0.29, 0.717) is 11.7 Å². The topological polar surface area (TPSA) is 17.1 Å². The van der Waals surface area contributed by atoms with Crippen LogP contribution in [0.25, 0.3) is 0 Å². The Morgan fingerprint density at radius 3 is 2.85 bits per heavy atom. The van der Waals surface area contributed by atoms with E-state index in [1.165, 1.54) is 18.4 Å². The molecule has 1 saturated carbocycles. The summed E-state index contributed by atoms with van der Waals surface area (Å²) in [5, 5.41) is 0. The lowest BCUT2D eigenvalue weighted by molar-refractivity contribution is -0.126. The van der Waals surface area contributed by atoms with Gasteiger partial charge in [-0.2, -0.15) is 0 Å². The molecule has 1 fully saturated rings. The van der Waals surface area contributed by atoms with Crippen LogP contribution in [0.2, 0.25) is 0 Å². The highest BCUT2D eigenvalue weighted by atomic mass is 16.1. The summed E-state index contributed by atoms with van der Waals surface area (Å²) >= 11 is 0. The van der Waals surface area contributed by atoms with Gasteiger partial charge in [0.1, 0.15) is 5.78 Å². The van der Waals surface area contributed by atoms with Crippen LogP contribution in [0.5, 0.6) is 0 Å². The Bertz CT molecular complexity index is 264. The average molecular weight is 178 g/mol. The molecule has 0 aromatic carbocycles. The van der Waals surface area contributed by atoms with Crippen LogP contribution in [-0.2, 0) is 4.79 Å². The molecule has 1 nitrogen and oxygen atoms in total. The Kier molecular flexibility index (Phi) is 2.05. The van der Waals surface area contributed by atoms with Crippen molar-refractivity contribution in [3.8, 4) is 0 Å². The summed E-state index contributed by atoms with van der Waals surface area (Å²) in [6.07, 6.45) is 7.67. The zero-order chi connectivity index (χ0) is 9.47. The fourth-order valence-corrected chi connectivity index (χ4v) is 3.20. The van der Waals surface area contributed by atoms with Crippen molar-refractivity contribution in [2.75, 3.05) is 0 Å². The van der Waals surface area contributed by atoms with Crippen LogP contribution in [-0.4, -0.2) is 5.78 Å². The van der Waals surface area contributed by atoms with Crippen molar-refractivity contribution < 1.29 is 4.79 Å². The van der Waals surface area contributed by atoms with Gasteiger partial charge in [0, 0.05) is 6.42 Å². The normalized spacial score (nSPS) is 39.7. The number of Topliss-reactive ketones (excluding diaryl/α,β-unsaturated/α-hetero) is 1. The van der Waals surface area contributed by atoms with Gasteiger partial charge < -0.3 is 0 Å². The third kappa shape index (κ3) is 1.09. The van der Waals surface area contributed by atoms with Crippen molar-refractivity contribution in [3.63, 3.8) is 0 Å². The molecule has 0 amide bonds. The molecule has 72 valence electrons. The molecule has 2 aliphatic carbocycles. The molecule has 1 heteroatoms. The van der Waals surface area contributed by atoms with Crippen LogP contribution >= 0.6 is 0 Å². The average Bonchev–Trinajstić information content (AvgIpc) is 2.45. The third-order valence-corrected chi connectivity index (χ3v) is 4.07. The van der Waals surface area contributed by atoms with Gasteiger partial charge in [0.15, 0.2) is 0 Å². The van der Waals surface area contributed by atoms with Crippen molar-refractivity contribution in [2.24, 2.45) is 11.3 Å². The van der Waals surface area contributed by atoms with Gasteiger partial charge in [-0.15, -0.1) is 0 Å². The molecule has 2 aliphatic rings. The number of ketones is 1. The second-order valence-corrected chi connectivity index (χ2v) is 4.61. The standard InChI is InChI=1S/C12H18O/c1-9-5-3-6-10(2)12(9)8-4-7-11(12)13/h5,10H,3-4,6-8H2,1-2H3/t10-,12+/m1/s1. The Morgan fingerprint density at radius 1 is 1.54 bits per heavy atom. The van der Waals surface area contributed by atoms with Gasteiger partial charge >= 0.3 is 0 Å². The fourth-order valence-electron chi connectivity index (χ4n) is 3.20. The third-order valence-electron chi connectivity index (χ3n) is 4.07. The minimum Gasteiger partial charge on any atom is -0.299 e. The first-order chi connectivity index (χ1) is 6.18. The summed E-state index contributed by atoms with van der Waals surface area (Å²) < 4.78 is 0. The zero-order valence-corrected chi connectivity index (χ0v) is 8.60. The maximum atomic E-state index is 11.9. The highest BCUT2D eigenvalue weighted by Crippen LogP contribution is 2.50. The van der Waals surface area contributed by atoms with Gasteiger partial charge in [0.05, 0.1) is 5.41 Å². The van der Waals surface area contributed by atoms with Crippen LogP contribution in [0, 0.1) is 11.3 Å². The summed E-state index contributed by atoms with van der Waals surface area (Å²) in [5.41, 5.74) is 1.33. The monoisotopic (exact) mass is 178 g/mol. The van der Waals surface area contributed by atoms with E-state index >= 15 is 0 Å². The van der Waals surface area contributed by atoms with Crippen LogP contribution < -0.4 is 0 Å². The Balaban J connectivity index is 2.41. The van der Waals surface area contributed by atoms with E-state index < -0.39 is 0 Å². The van der Waals surface area contributed by atoms with Gasteiger partial charge in [0.2, 0.25) is 0 Å². The summed E-state index contributed by atoms with van der Waals surface area (Å²) in [5.74, 6) is 1.08. The van der Waals surface area contributed by atoms with Crippen molar-refractivity contribution in [3.05, 3.63) is 11.6 Å². The molecule has 0 heterocycles. The maximum Gasteiger partial charge on any atom is 0.143 e. The Morgan fingerprint density at radius 2 is 2.31 bits per heavy atom. The SMILES string of the molecule is CC1=CCC[C@@H](C)[C@]12CCCC2=O. The van der Waals surface area contributed by atoms with Crippen molar-refractivity contribution in [1.29, 1.82) is 0 Å². The summed E-state index contributed by atoms with van der Waals surface area (Å²) in [4.78, 5) is 11.9. The minimum atomic E-state index is -0.0295. The molecule has 2 rings (SSSR count). The molecule has 0 aliphatic heterocycles. The highest BCUT2D eigenvalue weighted by molar-refractivity contribution is 5.90. The predicted molar refractivity (Wildman–Crippen MR) is 53.4 cm³/mol. The van der Waals surface area contributed by atoms with E-state index in [9.17, 15) is 4.79 Å². The predicted octanol–water partition coefficient (Wildman–Crippen LogP) is 3.10. The summed E-state index contributed by atoms with van der Waals surface area (Å²) in [7, 11) is 0. The van der Waals surface area contributed by atoms with Crippen molar-refractivity contribution >= 4 is 5.78 Å². The van der Waals surface area contributed by atoms with E-state index in [2.05, 4.69) is 19.9 Å². The van der Waals surface area contributed by atoms with Crippen molar-refractivity contribution in [1.82, 2.24) is 0 Å². The van der Waals surface area contributed by atoms with E-state index in [1.807, 2.05) is 0 Å². The molecule has 2 atom stereocenters. The van der Waals surface area contributed by atoms with E-state index in [1.54, 1.807) is 0 Å². The van der Waals surface area contributed by atoms with Crippen LogP contribution in [0.1, 0.15) is 46.0 Å². The molecule has 0 saturated heterocycles. The molecule has 0 aromatic rings. The van der Waals surface area contributed by atoms with Gasteiger partial charge in [-0.25, -0.2) is 0 Å². The molecule has 0 unspecified atom stereocenters. The second-order valence-electron chi connectivity index (χ2n) is 4.61. The van der Waals surface area contributed by atoms with Crippen LogP contribution in [0.4, 0.5) is 0 Å². The first kappa shape index (κ1) is 8.98. The number of hydrogen-bond donors (Lipinski definition) is 0. The van der Waals surface area contributed by atoms with Crippen LogP contribution in [0.15, 0.2) is 11.6 Å². The zero-order valence-electron chi connectivity index (χ0n) is 8.60. The van der Waals surface area contributed by atoms with E-state index in [0.717, 1.165) is 19.3 Å². The molecule has 0 radical (unpaired) electrons. The highest BCUT2D eigenvalue weighted by Gasteiger charge is 2.47. The molecular formula is C12H18O. The smallest absolute Gasteiger partial charge is 0.143 e. The first-order valence-electron chi connectivity index (χ1n) is 5.38. The van der Waals surface area contributed by atoms with Gasteiger partial charge in [0.25, 0.3) is 0 Å². The number of rotatable bonds is 0. The van der Waals surface area contributed by atoms with Gasteiger partial charge in [-0.3, -0.25) is 4.79 Å². The summed E-state index contributed by atoms with van der Waals surface area (Å²) in [6.45, 7) is 4.40. The quantitative estimate of drug-likeness (QED) is 0.521. The maximum absolute atomic E-state index is 11.9. The lowest BCUT2D eigenvalue weighted by Gasteiger charge is -2.38. The Labute approximate surface area is 80.2 Å². The Hall–Kier alpha value is -0.590. The number of carbonyl (C=O) groups is 1. The van der Waals surface area contributed by atoms with Gasteiger partial charge in [-0.05, 0) is 38.5 Å². The van der Waals surface area contributed by atoms with Gasteiger partial charge in [-0.1, -0.05) is 18.6 Å². The molecule has 0 bridgehead atoms. The molecular weight excluding hydrogens is 160 g/mol. The van der Waals surface area contributed by atoms with E-state index in [-0.39, 0.29) is 5.41 Å². The minimum absolute atomic E-state index is 0.0295. The second kappa shape index (κ2) is 2.97. The molecule has 0 N–H and O–H groups in total. The fraction of sp³-hybridized carbons (Fsp3) is 0.750. The lowest BCUT2D eigenvalue weighted by Crippen LogP contribution is -2.36. The number of carbonyl (C=O) groups excluding carboxylic acids is 1. The number of hydrogen-bond acceptors (Lipinski definition) is 1. The molecule has 0 aromatic heterocycles. The number of allylic oxidation sites excluding steroid dienone is 2. The van der Waals surface area contributed by atoms with Crippen LogP contribution in [0.3, 0.4) is 0 Å². The molecule has 1 spiro atoms. The lowest BCUT2D eigenvalue weighted by atomic mass is 9.64. The molecule has 13 heavy (non-hydrogen) atoms. The largest absolute Gasteiger partial charge is 0.299 e. The van der Waals surface area contributed by atoms with Crippen molar-refractivity contribution in [2.45, 2.75) is 46.0 Å².